The van der Waals surface area contributed by atoms with Crippen molar-refractivity contribution in [3.05, 3.63) is 25.3 Å². The number of allylic oxidation sites excluding steroid dienone is 1. The molecule has 3 saturated heterocycles. The summed E-state index contributed by atoms with van der Waals surface area (Å²) in [5.74, 6) is -2.42. The Morgan fingerprint density at radius 2 is 2.12 bits per heavy atom. The quantitative estimate of drug-likeness (QED) is 0.235. The van der Waals surface area contributed by atoms with Gasteiger partial charge in [-0.2, -0.15) is 0 Å². The molecule has 8 heteroatoms. The maximum atomic E-state index is 14.0. The van der Waals surface area contributed by atoms with Gasteiger partial charge in [-0.25, -0.2) is 0 Å². The zero-order valence-corrected chi connectivity index (χ0v) is 20.6. The fourth-order valence-corrected chi connectivity index (χ4v) is 6.07. The maximum absolute atomic E-state index is 14.0. The number of likely N-dealkylation sites (tertiary alicyclic amines) is 1. The van der Waals surface area contributed by atoms with Crippen molar-refractivity contribution in [2.24, 2.45) is 11.8 Å². The minimum absolute atomic E-state index is 0.0227. The van der Waals surface area contributed by atoms with Gasteiger partial charge in [0.05, 0.1) is 31.2 Å². The molecule has 1 spiro atoms. The van der Waals surface area contributed by atoms with Crippen LogP contribution in [0.1, 0.15) is 58.8 Å². The summed E-state index contributed by atoms with van der Waals surface area (Å²) in [6.45, 7) is 12.0. The van der Waals surface area contributed by atoms with Crippen LogP contribution in [0.2, 0.25) is 0 Å². The number of β-amino-alcohol motifs (C(OH)–C–C–N with tert-alkyl or cyclic N) is 1. The summed E-state index contributed by atoms with van der Waals surface area (Å²) in [5.41, 5.74) is -1.06. The van der Waals surface area contributed by atoms with E-state index >= 15 is 0 Å². The molecule has 3 fully saturated rings. The molecule has 3 aliphatic rings. The largest absolute Gasteiger partial charge is 0.465 e. The molecular weight excluding hydrogens is 436 g/mol. The highest BCUT2D eigenvalue weighted by molar-refractivity contribution is 5.98. The predicted octanol–water partition coefficient (Wildman–Crippen LogP) is 2.46. The summed E-state index contributed by atoms with van der Waals surface area (Å²) in [7, 11) is 0. The summed E-state index contributed by atoms with van der Waals surface area (Å²) in [6.07, 6.45) is 8.41. The minimum atomic E-state index is -1.06. The van der Waals surface area contributed by atoms with Crippen LogP contribution in [-0.4, -0.2) is 82.8 Å². The number of carbonyl (C=O) groups excluding carboxylic acids is 3. The Morgan fingerprint density at radius 1 is 1.35 bits per heavy atom. The molecule has 3 aliphatic heterocycles. The van der Waals surface area contributed by atoms with Crippen LogP contribution in [0.15, 0.2) is 25.3 Å². The van der Waals surface area contributed by atoms with Gasteiger partial charge in [0.15, 0.2) is 0 Å². The lowest BCUT2D eigenvalue weighted by atomic mass is 9.70. The van der Waals surface area contributed by atoms with Crippen LogP contribution in [0.5, 0.6) is 0 Å². The monoisotopic (exact) mass is 476 g/mol. The van der Waals surface area contributed by atoms with E-state index in [0.717, 1.165) is 32.1 Å². The second-order valence-corrected chi connectivity index (χ2v) is 9.68. The van der Waals surface area contributed by atoms with Gasteiger partial charge in [-0.3, -0.25) is 14.4 Å². The van der Waals surface area contributed by atoms with Crippen molar-refractivity contribution in [2.75, 3.05) is 26.3 Å². The number of carbonyl (C=O) groups is 3. The predicted molar refractivity (Wildman–Crippen MR) is 128 cm³/mol. The van der Waals surface area contributed by atoms with E-state index in [1.54, 1.807) is 11.0 Å². The average Bonchev–Trinajstić information content (AvgIpc) is 3.45. The van der Waals surface area contributed by atoms with E-state index in [1.807, 2.05) is 13.0 Å². The number of fused-ring (bicyclic) bond motifs is 1. The first-order valence-electron chi connectivity index (χ1n) is 12.7. The average molecular weight is 477 g/mol. The highest BCUT2D eigenvalue weighted by Crippen LogP contribution is 2.58. The summed E-state index contributed by atoms with van der Waals surface area (Å²) in [4.78, 5) is 43.8. The Bertz CT molecular complexity index is 785. The Hall–Kier alpha value is -2.19. The first kappa shape index (κ1) is 26.4. The first-order valence-corrected chi connectivity index (χ1v) is 12.7. The topological polar surface area (TPSA) is 96.4 Å². The first-order chi connectivity index (χ1) is 16.4. The number of amides is 2. The molecule has 190 valence electrons. The van der Waals surface area contributed by atoms with Crippen LogP contribution in [0.3, 0.4) is 0 Å². The molecule has 0 aromatic carbocycles. The molecule has 8 nitrogen and oxygen atoms in total. The molecule has 1 N–H and O–H groups in total. The third-order valence-corrected chi connectivity index (χ3v) is 7.54. The fourth-order valence-electron chi connectivity index (χ4n) is 6.07. The lowest BCUT2D eigenvalue weighted by Crippen LogP contribution is -2.58. The summed E-state index contributed by atoms with van der Waals surface area (Å²) >= 11 is 0. The number of rotatable bonds is 14. The van der Waals surface area contributed by atoms with Gasteiger partial charge in [0.2, 0.25) is 11.8 Å². The number of unbranched alkanes of at least 4 members (excludes halogenated alkanes) is 2. The van der Waals surface area contributed by atoms with E-state index < -0.39 is 35.6 Å². The number of nitrogens with zero attached hydrogens (tertiary/aromatic N) is 2. The van der Waals surface area contributed by atoms with Gasteiger partial charge in [0, 0.05) is 19.1 Å². The normalized spacial score (nSPS) is 30.2. The van der Waals surface area contributed by atoms with E-state index in [-0.39, 0.29) is 37.6 Å². The minimum Gasteiger partial charge on any atom is -0.465 e. The SMILES string of the molecule is C=CCCCCOC(=O)[C@@H]1[C@H]2C(=O)N(CCO)C(C(=O)N(CC=C)C(C)CCC)C23CC[C@H]1O3. The van der Waals surface area contributed by atoms with E-state index in [0.29, 0.717) is 19.4 Å². The molecule has 0 aromatic heterocycles. The van der Waals surface area contributed by atoms with Crippen molar-refractivity contribution < 1.29 is 29.0 Å². The number of esters is 1. The standard InChI is InChI=1S/C26H40N2O6/c1-5-8-9-10-17-33-25(32)20-19-12-13-26(34-19)21(20)23(30)28(15-16-29)22(26)24(31)27(14-7-3)18(4)11-6-2/h5,7,18-22,29H,1,3,6,8-17H2,2,4H3/t18?,19-,20+,21+,22?,26?/m1/s1. The highest BCUT2D eigenvalue weighted by Gasteiger charge is 2.75. The van der Waals surface area contributed by atoms with Crippen LogP contribution in [-0.2, 0) is 23.9 Å². The fraction of sp³-hybridized carbons (Fsp3) is 0.731. The van der Waals surface area contributed by atoms with Gasteiger partial charge in [0.1, 0.15) is 11.6 Å². The van der Waals surface area contributed by atoms with Crippen LogP contribution in [0.25, 0.3) is 0 Å². The van der Waals surface area contributed by atoms with Gasteiger partial charge >= 0.3 is 5.97 Å². The smallest absolute Gasteiger partial charge is 0.312 e. The second-order valence-electron chi connectivity index (χ2n) is 9.68. The van der Waals surface area contributed by atoms with Crippen LogP contribution < -0.4 is 0 Å². The lowest BCUT2D eigenvalue weighted by molar-refractivity contribution is -0.155. The molecule has 3 heterocycles. The Kier molecular flexibility index (Phi) is 8.93. The third-order valence-electron chi connectivity index (χ3n) is 7.54. The van der Waals surface area contributed by atoms with Crippen LogP contribution in [0, 0.1) is 11.8 Å². The zero-order chi connectivity index (χ0) is 24.9. The maximum Gasteiger partial charge on any atom is 0.312 e. The number of hydrogen-bond donors (Lipinski definition) is 1. The van der Waals surface area contributed by atoms with Crippen molar-refractivity contribution in [1.82, 2.24) is 9.80 Å². The van der Waals surface area contributed by atoms with Gasteiger partial charge in [0.25, 0.3) is 0 Å². The van der Waals surface area contributed by atoms with E-state index in [9.17, 15) is 19.5 Å². The number of aliphatic hydroxyl groups excluding tert-OH is 1. The van der Waals surface area contributed by atoms with Crippen molar-refractivity contribution in [3.63, 3.8) is 0 Å². The Labute approximate surface area is 202 Å². The van der Waals surface area contributed by atoms with Crippen molar-refractivity contribution >= 4 is 17.8 Å². The van der Waals surface area contributed by atoms with E-state index in [4.69, 9.17) is 9.47 Å². The van der Waals surface area contributed by atoms with Gasteiger partial charge in [-0.1, -0.05) is 25.5 Å². The molecule has 34 heavy (non-hydrogen) atoms. The number of aliphatic hydroxyl groups is 1. The van der Waals surface area contributed by atoms with E-state index in [1.165, 1.54) is 4.90 Å². The van der Waals surface area contributed by atoms with Crippen molar-refractivity contribution in [1.29, 1.82) is 0 Å². The van der Waals surface area contributed by atoms with Crippen LogP contribution >= 0.6 is 0 Å². The molecular formula is C26H40N2O6. The number of ether oxygens (including phenoxy) is 2. The zero-order valence-electron chi connectivity index (χ0n) is 20.6. The Balaban J connectivity index is 1.87. The molecule has 0 saturated carbocycles. The van der Waals surface area contributed by atoms with Crippen LogP contribution in [0.4, 0.5) is 0 Å². The molecule has 6 atom stereocenters. The molecule has 2 amide bonds. The molecule has 0 radical (unpaired) electrons. The molecule has 2 bridgehead atoms. The summed E-state index contributed by atoms with van der Waals surface area (Å²) in [5, 5.41) is 9.70. The van der Waals surface area contributed by atoms with E-state index in [2.05, 4.69) is 20.1 Å². The molecule has 3 unspecified atom stereocenters. The Morgan fingerprint density at radius 3 is 2.76 bits per heavy atom. The molecule has 0 aromatic rings. The van der Waals surface area contributed by atoms with Crippen molar-refractivity contribution in [3.8, 4) is 0 Å². The van der Waals surface area contributed by atoms with Gasteiger partial charge in [-0.15, -0.1) is 13.2 Å². The van der Waals surface area contributed by atoms with Gasteiger partial charge in [-0.05, 0) is 45.4 Å². The third kappa shape index (κ3) is 4.67. The summed E-state index contributed by atoms with van der Waals surface area (Å²) < 4.78 is 11.9. The second kappa shape index (κ2) is 11.5. The highest BCUT2D eigenvalue weighted by atomic mass is 16.6. The number of hydrogen-bond acceptors (Lipinski definition) is 6. The molecule has 3 rings (SSSR count). The summed E-state index contributed by atoms with van der Waals surface area (Å²) in [6, 6.07) is -0.904. The van der Waals surface area contributed by atoms with Gasteiger partial charge < -0.3 is 24.4 Å². The van der Waals surface area contributed by atoms with Crippen molar-refractivity contribution in [2.45, 2.75) is 82.6 Å². The lowest BCUT2D eigenvalue weighted by Gasteiger charge is -2.38. The molecule has 0 aliphatic carbocycles.